The lowest BCUT2D eigenvalue weighted by atomic mass is 10.1. The highest BCUT2D eigenvalue weighted by atomic mass is 16.5. The summed E-state index contributed by atoms with van der Waals surface area (Å²) in [6.45, 7) is 2.73. The van der Waals surface area contributed by atoms with Gasteiger partial charge in [-0.25, -0.2) is 0 Å². The fraction of sp³-hybridized carbons (Fsp3) is 0.136. The van der Waals surface area contributed by atoms with Crippen LogP contribution in [0.15, 0.2) is 83.9 Å². The lowest BCUT2D eigenvalue weighted by molar-refractivity contribution is 0.306. The number of hydrogen-bond acceptors (Lipinski definition) is 2. The first kappa shape index (κ1) is 16.0. The van der Waals surface area contributed by atoms with Crippen LogP contribution in [-0.2, 0) is 13.0 Å². The van der Waals surface area contributed by atoms with Crippen LogP contribution in [0.4, 0.5) is 5.69 Å². The SMILES string of the molecule is CCc1ccc(N=Cc2ccc(OCc3ccccc3)cc2)cc1. The maximum atomic E-state index is 5.79. The minimum absolute atomic E-state index is 0.581. The maximum Gasteiger partial charge on any atom is 0.119 e. The van der Waals surface area contributed by atoms with E-state index in [2.05, 4.69) is 36.2 Å². The van der Waals surface area contributed by atoms with Gasteiger partial charge in [0.1, 0.15) is 12.4 Å². The Bertz CT molecular complexity index is 774. The van der Waals surface area contributed by atoms with E-state index in [4.69, 9.17) is 4.74 Å². The van der Waals surface area contributed by atoms with Crippen molar-refractivity contribution in [2.75, 3.05) is 0 Å². The Labute approximate surface area is 143 Å². The molecule has 0 aromatic heterocycles. The summed E-state index contributed by atoms with van der Waals surface area (Å²) in [7, 11) is 0. The van der Waals surface area contributed by atoms with Crippen molar-refractivity contribution >= 4 is 11.9 Å². The zero-order valence-corrected chi connectivity index (χ0v) is 13.9. The molecular weight excluding hydrogens is 294 g/mol. The fourth-order valence-electron chi connectivity index (χ4n) is 2.36. The first-order valence-electron chi connectivity index (χ1n) is 8.23. The van der Waals surface area contributed by atoms with E-state index in [0.717, 1.165) is 23.4 Å². The molecule has 0 heterocycles. The van der Waals surface area contributed by atoms with Gasteiger partial charge < -0.3 is 4.74 Å². The monoisotopic (exact) mass is 315 g/mol. The van der Waals surface area contributed by atoms with Gasteiger partial charge >= 0.3 is 0 Å². The van der Waals surface area contributed by atoms with E-state index in [9.17, 15) is 0 Å². The highest BCUT2D eigenvalue weighted by Gasteiger charge is 1.96. The summed E-state index contributed by atoms with van der Waals surface area (Å²) in [5.41, 5.74) is 4.52. The lowest BCUT2D eigenvalue weighted by Crippen LogP contribution is -1.94. The molecule has 0 bridgehead atoms. The van der Waals surface area contributed by atoms with Crippen molar-refractivity contribution in [3.8, 4) is 5.75 Å². The van der Waals surface area contributed by atoms with Crippen LogP contribution in [0.25, 0.3) is 0 Å². The summed E-state index contributed by atoms with van der Waals surface area (Å²) in [6, 6.07) is 26.5. The first-order valence-corrected chi connectivity index (χ1v) is 8.23. The minimum Gasteiger partial charge on any atom is -0.489 e. The lowest BCUT2D eigenvalue weighted by Gasteiger charge is -2.06. The summed E-state index contributed by atoms with van der Waals surface area (Å²) >= 11 is 0. The number of ether oxygens (including phenoxy) is 1. The normalized spacial score (nSPS) is 10.9. The number of hydrogen-bond donors (Lipinski definition) is 0. The predicted molar refractivity (Wildman–Crippen MR) is 100 cm³/mol. The van der Waals surface area contributed by atoms with Crippen molar-refractivity contribution in [3.05, 3.63) is 95.6 Å². The van der Waals surface area contributed by atoms with Crippen LogP contribution in [0.2, 0.25) is 0 Å². The van der Waals surface area contributed by atoms with Crippen LogP contribution < -0.4 is 4.74 Å². The molecule has 0 aliphatic heterocycles. The van der Waals surface area contributed by atoms with Gasteiger partial charge in [0.05, 0.1) is 5.69 Å². The van der Waals surface area contributed by atoms with E-state index >= 15 is 0 Å². The second-order valence-corrected chi connectivity index (χ2v) is 5.62. The van der Waals surface area contributed by atoms with E-state index in [1.165, 1.54) is 11.1 Å². The third-order valence-electron chi connectivity index (χ3n) is 3.84. The molecule has 3 rings (SSSR count). The number of aliphatic imine (C=N–C) groups is 1. The number of nitrogens with zero attached hydrogens (tertiary/aromatic N) is 1. The van der Waals surface area contributed by atoms with Crippen molar-refractivity contribution < 1.29 is 4.74 Å². The van der Waals surface area contributed by atoms with Crippen LogP contribution in [-0.4, -0.2) is 6.21 Å². The van der Waals surface area contributed by atoms with Crippen molar-refractivity contribution in [2.45, 2.75) is 20.0 Å². The summed E-state index contributed by atoms with van der Waals surface area (Å²) < 4.78 is 5.79. The van der Waals surface area contributed by atoms with Crippen LogP contribution in [0, 0.1) is 0 Å². The average molecular weight is 315 g/mol. The Morgan fingerprint density at radius 1 is 0.792 bits per heavy atom. The van der Waals surface area contributed by atoms with Crippen molar-refractivity contribution in [1.82, 2.24) is 0 Å². The third-order valence-corrected chi connectivity index (χ3v) is 3.84. The van der Waals surface area contributed by atoms with Crippen LogP contribution >= 0.6 is 0 Å². The fourth-order valence-corrected chi connectivity index (χ4v) is 2.36. The van der Waals surface area contributed by atoms with E-state index < -0.39 is 0 Å². The Morgan fingerprint density at radius 3 is 2.17 bits per heavy atom. The zero-order valence-electron chi connectivity index (χ0n) is 13.9. The van der Waals surface area contributed by atoms with E-state index in [-0.39, 0.29) is 0 Å². The summed E-state index contributed by atoms with van der Waals surface area (Å²) in [4.78, 5) is 4.51. The molecule has 0 amide bonds. The minimum atomic E-state index is 0.581. The van der Waals surface area contributed by atoms with Crippen LogP contribution in [0.5, 0.6) is 5.75 Å². The molecule has 0 spiro atoms. The number of aryl methyl sites for hydroxylation is 1. The molecule has 3 aromatic carbocycles. The first-order chi connectivity index (χ1) is 11.8. The summed E-state index contributed by atoms with van der Waals surface area (Å²) in [5.74, 6) is 0.864. The van der Waals surface area contributed by atoms with Crippen molar-refractivity contribution in [3.63, 3.8) is 0 Å². The zero-order chi connectivity index (χ0) is 16.6. The molecule has 0 aliphatic carbocycles. The number of rotatable bonds is 6. The molecule has 0 saturated carbocycles. The quantitative estimate of drug-likeness (QED) is 0.544. The Balaban J connectivity index is 1.58. The molecule has 2 nitrogen and oxygen atoms in total. The summed E-state index contributed by atoms with van der Waals surface area (Å²) in [5, 5.41) is 0. The van der Waals surface area contributed by atoms with Crippen molar-refractivity contribution in [2.24, 2.45) is 4.99 Å². The molecule has 0 fully saturated rings. The van der Waals surface area contributed by atoms with Gasteiger partial charge in [-0.3, -0.25) is 4.99 Å². The Hall–Kier alpha value is -2.87. The Morgan fingerprint density at radius 2 is 1.50 bits per heavy atom. The van der Waals surface area contributed by atoms with Crippen LogP contribution in [0.1, 0.15) is 23.6 Å². The predicted octanol–water partition coefficient (Wildman–Crippen LogP) is 5.58. The standard InChI is InChI=1S/C22H21NO/c1-2-18-8-12-21(13-9-18)23-16-19-10-14-22(15-11-19)24-17-20-6-4-3-5-7-20/h3-16H,2,17H2,1H3. The van der Waals surface area contributed by atoms with Gasteiger partial charge in [-0.2, -0.15) is 0 Å². The van der Waals surface area contributed by atoms with Gasteiger partial charge in [-0.1, -0.05) is 49.4 Å². The molecular formula is C22H21NO. The topological polar surface area (TPSA) is 21.6 Å². The molecule has 24 heavy (non-hydrogen) atoms. The molecule has 0 saturated heterocycles. The Kier molecular flexibility index (Phi) is 5.41. The third kappa shape index (κ3) is 4.56. The molecule has 120 valence electrons. The van der Waals surface area contributed by atoms with Gasteiger partial charge in [-0.05, 0) is 59.5 Å². The maximum absolute atomic E-state index is 5.79. The van der Waals surface area contributed by atoms with Crippen LogP contribution in [0.3, 0.4) is 0 Å². The van der Waals surface area contributed by atoms with Gasteiger partial charge in [0.15, 0.2) is 0 Å². The van der Waals surface area contributed by atoms with E-state index in [1.807, 2.05) is 60.8 Å². The molecule has 0 atom stereocenters. The average Bonchev–Trinajstić information content (AvgIpc) is 2.67. The van der Waals surface area contributed by atoms with Gasteiger partial charge in [0.25, 0.3) is 0 Å². The smallest absolute Gasteiger partial charge is 0.119 e. The van der Waals surface area contributed by atoms with E-state index in [1.54, 1.807) is 0 Å². The molecule has 3 aromatic rings. The second kappa shape index (κ2) is 8.11. The molecule has 2 heteroatoms. The number of benzene rings is 3. The summed E-state index contributed by atoms with van der Waals surface area (Å²) in [6.07, 6.45) is 2.93. The van der Waals surface area contributed by atoms with Gasteiger partial charge in [-0.15, -0.1) is 0 Å². The molecule has 0 radical (unpaired) electrons. The van der Waals surface area contributed by atoms with Gasteiger partial charge in [0.2, 0.25) is 0 Å². The molecule has 0 unspecified atom stereocenters. The largest absolute Gasteiger partial charge is 0.489 e. The molecule has 0 N–H and O–H groups in total. The van der Waals surface area contributed by atoms with E-state index in [0.29, 0.717) is 6.61 Å². The van der Waals surface area contributed by atoms with Crippen molar-refractivity contribution in [1.29, 1.82) is 0 Å². The second-order valence-electron chi connectivity index (χ2n) is 5.62. The highest BCUT2D eigenvalue weighted by molar-refractivity contribution is 5.82. The van der Waals surface area contributed by atoms with Gasteiger partial charge in [0, 0.05) is 6.21 Å². The highest BCUT2D eigenvalue weighted by Crippen LogP contribution is 2.16. The molecule has 0 aliphatic rings.